The van der Waals surface area contributed by atoms with Gasteiger partial charge in [-0.15, -0.1) is 0 Å². The third kappa shape index (κ3) is 3.51. The molecule has 1 N–H and O–H groups in total. The van der Waals surface area contributed by atoms with Crippen LogP contribution in [0.2, 0.25) is 5.28 Å². The van der Waals surface area contributed by atoms with Gasteiger partial charge in [0, 0.05) is 19.1 Å². The molecule has 0 spiro atoms. The van der Waals surface area contributed by atoms with E-state index in [4.69, 9.17) is 11.6 Å². The second-order valence-electron chi connectivity index (χ2n) is 5.87. The number of hydrogen-bond donors (Lipinski definition) is 1. The maximum atomic E-state index is 6.04. The van der Waals surface area contributed by atoms with Crippen molar-refractivity contribution in [1.82, 2.24) is 15.0 Å². The lowest BCUT2D eigenvalue weighted by atomic mass is 9.86. The fourth-order valence-corrected chi connectivity index (χ4v) is 2.92. The van der Waals surface area contributed by atoms with E-state index in [9.17, 15) is 0 Å². The maximum absolute atomic E-state index is 6.04. The molecule has 0 aromatic carbocycles. The van der Waals surface area contributed by atoms with Crippen molar-refractivity contribution >= 4 is 23.5 Å². The van der Waals surface area contributed by atoms with E-state index in [1.54, 1.807) is 0 Å². The van der Waals surface area contributed by atoms with Gasteiger partial charge in [0.05, 0.1) is 0 Å². The molecule has 1 saturated heterocycles. The Morgan fingerprint density at radius 2 is 2.00 bits per heavy atom. The molecular formula is C14H24ClN5. The van der Waals surface area contributed by atoms with Crippen LogP contribution in [0.4, 0.5) is 11.9 Å². The minimum Gasteiger partial charge on any atom is -0.354 e. The molecule has 2 rings (SSSR count). The van der Waals surface area contributed by atoms with Gasteiger partial charge in [-0.1, -0.05) is 20.8 Å². The Hall–Kier alpha value is -1.10. The third-order valence-corrected chi connectivity index (χ3v) is 4.15. The van der Waals surface area contributed by atoms with Crippen LogP contribution in [0.5, 0.6) is 0 Å². The highest BCUT2D eigenvalue weighted by Crippen LogP contribution is 2.30. The first-order valence-electron chi connectivity index (χ1n) is 7.43. The molecule has 1 aliphatic heterocycles. The Labute approximate surface area is 126 Å². The SMILES string of the molecule is CCCNc1nc(Cl)nc(N2CC(C)CC(C)C2C)n1. The average molecular weight is 298 g/mol. The summed E-state index contributed by atoms with van der Waals surface area (Å²) in [5.41, 5.74) is 0. The Morgan fingerprint density at radius 1 is 1.25 bits per heavy atom. The highest BCUT2D eigenvalue weighted by Gasteiger charge is 2.30. The standard InChI is InChI=1S/C14H24ClN5/c1-5-6-16-13-17-12(15)18-14(19-13)20-8-9(2)7-10(3)11(20)4/h9-11H,5-8H2,1-4H3,(H,16,17,18,19). The third-order valence-electron chi connectivity index (χ3n) is 3.98. The fraction of sp³-hybridized carbons (Fsp3) is 0.786. The van der Waals surface area contributed by atoms with E-state index in [-0.39, 0.29) is 5.28 Å². The second-order valence-corrected chi connectivity index (χ2v) is 6.20. The summed E-state index contributed by atoms with van der Waals surface area (Å²) in [6.45, 7) is 10.7. The molecule has 1 aliphatic rings. The van der Waals surface area contributed by atoms with E-state index < -0.39 is 0 Å². The zero-order valence-electron chi connectivity index (χ0n) is 12.7. The average Bonchev–Trinajstić information content (AvgIpc) is 2.40. The van der Waals surface area contributed by atoms with Gasteiger partial charge in [-0.05, 0) is 43.2 Å². The molecule has 3 unspecified atom stereocenters. The van der Waals surface area contributed by atoms with Crippen LogP contribution in [-0.4, -0.2) is 34.1 Å². The minimum absolute atomic E-state index is 0.256. The van der Waals surface area contributed by atoms with Crippen molar-refractivity contribution in [2.24, 2.45) is 11.8 Å². The molecule has 1 aromatic heterocycles. The first-order chi connectivity index (χ1) is 9.51. The molecule has 0 radical (unpaired) electrons. The van der Waals surface area contributed by atoms with E-state index in [0.29, 0.717) is 29.8 Å². The number of hydrogen-bond acceptors (Lipinski definition) is 5. The van der Waals surface area contributed by atoms with E-state index in [2.05, 4.69) is 52.9 Å². The van der Waals surface area contributed by atoms with Gasteiger partial charge in [0.1, 0.15) is 0 Å². The zero-order valence-corrected chi connectivity index (χ0v) is 13.5. The molecule has 112 valence electrons. The lowest BCUT2D eigenvalue weighted by molar-refractivity contribution is 0.293. The van der Waals surface area contributed by atoms with E-state index >= 15 is 0 Å². The van der Waals surface area contributed by atoms with Crippen LogP contribution in [0, 0.1) is 11.8 Å². The molecule has 1 fully saturated rings. The van der Waals surface area contributed by atoms with Crippen LogP contribution in [0.15, 0.2) is 0 Å². The van der Waals surface area contributed by atoms with Crippen LogP contribution >= 0.6 is 11.6 Å². The summed E-state index contributed by atoms with van der Waals surface area (Å²) in [7, 11) is 0. The Balaban J connectivity index is 2.24. The Bertz CT molecular complexity index is 453. The number of piperidine rings is 1. The van der Waals surface area contributed by atoms with Gasteiger partial charge >= 0.3 is 0 Å². The summed E-state index contributed by atoms with van der Waals surface area (Å²) in [4.78, 5) is 15.2. The van der Waals surface area contributed by atoms with Crippen molar-refractivity contribution in [2.45, 2.75) is 46.6 Å². The highest BCUT2D eigenvalue weighted by molar-refractivity contribution is 6.28. The molecule has 0 saturated carbocycles. The molecule has 0 bridgehead atoms. The van der Waals surface area contributed by atoms with Gasteiger partial charge in [0.2, 0.25) is 17.2 Å². The number of anilines is 2. The molecule has 2 heterocycles. The molecule has 0 amide bonds. The molecule has 6 heteroatoms. The number of aromatic nitrogens is 3. The van der Waals surface area contributed by atoms with Crippen LogP contribution < -0.4 is 10.2 Å². The van der Waals surface area contributed by atoms with Crippen molar-refractivity contribution in [3.05, 3.63) is 5.28 Å². The van der Waals surface area contributed by atoms with Gasteiger partial charge < -0.3 is 10.2 Å². The van der Waals surface area contributed by atoms with Crippen LogP contribution in [0.25, 0.3) is 0 Å². The number of halogens is 1. The Morgan fingerprint density at radius 3 is 2.70 bits per heavy atom. The molecule has 1 aromatic rings. The summed E-state index contributed by atoms with van der Waals surface area (Å²) in [5, 5.41) is 3.43. The lowest BCUT2D eigenvalue weighted by Gasteiger charge is -2.41. The second kappa shape index (κ2) is 6.57. The van der Waals surface area contributed by atoms with E-state index in [0.717, 1.165) is 19.5 Å². The predicted octanol–water partition coefficient (Wildman–Crippen LogP) is 3.22. The van der Waals surface area contributed by atoms with Crippen LogP contribution in [-0.2, 0) is 0 Å². The van der Waals surface area contributed by atoms with Gasteiger partial charge in [-0.2, -0.15) is 15.0 Å². The van der Waals surface area contributed by atoms with Crippen molar-refractivity contribution in [2.75, 3.05) is 23.3 Å². The van der Waals surface area contributed by atoms with Crippen molar-refractivity contribution < 1.29 is 0 Å². The Kier molecular flexibility index (Phi) is 5.02. The number of nitrogens with one attached hydrogen (secondary N) is 1. The summed E-state index contributed by atoms with van der Waals surface area (Å²) in [6.07, 6.45) is 2.27. The highest BCUT2D eigenvalue weighted by atomic mass is 35.5. The van der Waals surface area contributed by atoms with E-state index in [1.165, 1.54) is 6.42 Å². The van der Waals surface area contributed by atoms with Crippen molar-refractivity contribution in [3.63, 3.8) is 0 Å². The monoisotopic (exact) mass is 297 g/mol. The smallest absolute Gasteiger partial charge is 0.231 e. The maximum Gasteiger partial charge on any atom is 0.231 e. The summed E-state index contributed by atoms with van der Waals surface area (Å²) in [6, 6.07) is 0.420. The zero-order chi connectivity index (χ0) is 14.7. The van der Waals surface area contributed by atoms with Crippen LogP contribution in [0.3, 0.4) is 0 Å². The quantitative estimate of drug-likeness (QED) is 0.925. The number of nitrogens with zero attached hydrogens (tertiary/aromatic N) is 4. The predicted molar refractivity (Wildman–Crippen MR) is 83.4 cm³/mol. The molecule has 3 atom stereocenters. The molecular weight excluding hydrogens is 274 g/mol. The summed E-state index contributed by atoms with van der Waals surface area (Å²) < 4.78 is 0. The topological polar surface area (TPSA) is 53.9 Å². The number of rotatable bonds is 4. The lowest BCUT2D eigenvalue weighted by Crippen LogP contribution is -2.46. The first-order valence-corrected chi connectivity index (χ1v) is 7.81. The fourth-order valence-electron chi connectivity index (χ4n) is 2.76. The minimum atomic E-state index is 0.256. The molecule has 0 aliphatic carbocycles. The van der Waals surface area contributed by atoms with E-state index in [1.807, 2.05) is 0 Å². The van der Waals surface area contributed by atoms with Crippen LogP contribution in [0.1, 0.15) is 40.5 Å². The van der Waals surface area contributed by atoms with Gasteiger partial charge in [0.25, 0.3) is 0 Å². The summed E-state index contributed by atoms with van der Waals surface area (Å²) in [5.74, 6) is 2.53. The van der Waals surface area contributed by atoms with Gasteiger partial charge in [-0.25, -0.2) is 0 Å². The van der Waals surface area contributed by atoms with Crippen molar-refractivity contribution in [3.8, 4) is 0 Å². The van der Waals surface area contributed by atoms with Crippen molar-refractivity contribution in [1.29, 1.82) is 0 Å². The summed E-state index contributed by atoms with van der Waals surface area (Å²) >= 11 is 6.04. The van der Waals surface area contributed by atoms with Gasteiger partial charge in [0.15, 0.2) is 0 Å². The molecule has 5 nitrogen and oxygen atoms in total. The normalized spacial score (nSPS) is 26.6. The molecule has 20 heavy (non-hydrogen) atoms. The largest absolute Gasteiger partial charge is 0.354 e. The van der Waals surface area contributed by atoms with Gasteiger partial charge in [-0.3, -0.25) is 0 Å². The first kappa shape index (κ1) is 15.3.